The molecule has 0 unspecified atom stereocenters. The number of guanidine groups is 2. The quantitative estimate of drug-likeness (QED) is 0.834. The number of hydrogen-bond acceptors (Lipinski definition) is 5. The number of hydrogen-bond donors (Lipinski definition) is 2. The third-order valence-electron chi connectivity index (χ3n) is 2.55. The zero-order valence-electron chi connectivity index (χ0n) is 10.4. The van der Waals surface area contributed by atoms with E-state index in [1.807, 2.05) is 13.8 Å². The highest BCUT2D eigenvalue weighted by molar-refractivity contribution is 6.40. The van der Waals surface area contributed by atoms with Crippen molar-refractivity contribution in [2.45, 2.75) is 19.5 Å². The van der Waals surface area contributed by atoms with E-state index < -0.39 is 5.66 Å². The van der Waals surface area contributed by atoms with E-state index in [2.05, 4.69) is 9.98 Å². The molecule has 0 atom stereocenters. The van der Waals surface area contributed by atoms with Gasteiger partial charge in [-0.15, -0.1) is 12.4 Å². The Kier molecular flexibility index (Phi) is 4.55. The SMILES string of the molecule is CC1(C)N=C(N)N=C(N)N1c1c(Cl)cccc1Cl.Cl. The standard InChI is InChI=1S/C11H13Cl2N5.ClH/c1-11(2)17-9(14)16-10(15)18(11)8-6(12)4-3-5-7(8)13;/h3-5H,1-2H3,(H4,14,15,16,17);1H. The summed E-state index contributed by atoms with van der Waals surface area (Å²) in [6, 6.07) is 5.22. The lowest BCUT2D eigenvalue weighted by atomic mass is 10.1. The lowest BCUT2D eigenvalue weighted by molar-refractivity contribution is 0.534. The molecule has 0 saturated heterocycles. The summed E-state index contributed by atoms with van der Waals surface area (Å²) < 4.78 is 0. The van der Waals surface area contributed by atoms with Crippen LogP contribution in [0.4, 0.5) is 5.69 Å². The molecule has 104 valence electrons. The summed E-state index contributed by atoms with van der Waals surface area (Å²) in [5.41, 5.74) is 11.4. The van der Waals surface area contributed by atoms with Crippen LogP contribution >= 0.6 is 35.6 Å². The first-order valence-corrected chi connectivity index (χ1v) is 6.02. The highest BCUT2D eigenvalue weighted by Gasteiger charge is 2.35. The Balaban J connectivity index is 0.00000180. The molecule has 1 aromatic carbocycles. The summed E-state index contributed by atoms with van der Waals surface area (Å²) in [4.78, 5) is 9.85. The van der Waals surface area contributed by atoms with Gasteiger partial charge in [-0.05, 0) is 26.0 Å². The predicted molar refractivity (Wildman–Crippen MR) is 83.5 cm³/mol. The fourth-order valence-electron chi connectivity index (χ4n) is 1.89. The minimum Gasteiger partial charge on any atom is -0.369 e. The van der Waals surface area contributed by atoms with Gasteiger partial charge in [0.1, 0.15) is 5.66 Å². The van der Waals surface area contributed by atoms with Gasteiger partial charge in [0.2, 0.25) is 11.9 Å². The van der Waals surface area contributed by atoms with Gasteiger partial charge in [-0.2, -0.15) is 4.99 Å². The first kappa shape index (κ1) is 15.9. The van der Waals surface area contributed by atoms with Crippen LogP contribution in [0.1, 0.15) is 13.8 Å². The lowest BCUT2D eigenvalue weighted by Crippen LogP contribution is -2.54. The molecular formula is C11H14Cl3N5. The van der Waals surface area contributed by atoms with Crippen molar-refractivity contribution < 1.29 is 0 Å². The molecule has 19 heavy (non-hydrogen) atoms. The van der Waals surface area contributed by atoms with Gasteiger partial charge < -0.3 is 11.5 Å². The molecular weight excluding hydrogens is 309 g/mol. The van der Waals surface area contributed by atoms with Crippen molar-refractivity contribution in [1.82, 2.24) is 0 Å². The summed E-state index contributed by atoms with van der Waals surface area (Å²) in [5, 5.41) is 0.953. The van der Waals surface area contributed by atoms with E-state index in [1.165, 1.54) is 0 Å². The summed E-state index contributed by atoms with van der Waals surface area (Å²) in [6.07, 6.45) is 0. The molecule has 1 heterocycles. The number of aliphatic imine (C=N–C) groups is 2. The highest BCUT2D eigenvalue weighted by atomic mass is 35.5. The number of para-hydroxylation sites is 1. The van der Waals surface area contributed by atoms with Crippen LogP contribution < -0.4 is 16.4 Å². The van der Waals surface area contributed by atoms with E-state index in [4.69, 9.17) is 34.7 Å². The minimum atomic E-state index is -0.704. The zero-order valence-corrected chi connectivity index (χ0v) is 12.7. The molecule has 5 nitrogen and oxygen atoms in total. The molecule has 1 aromatic rings. The van der Waals surface area contributed by atoms with Gasteiger partial charge in [-0.25, -0.2) is 4.99 Å². The Labute approximate surface area is 127 Å². The molecule has 1 aliphatic rings. The molecule has 0 aliphatic carbocycles. The van der Waals surface area contributed by atoms with E-state index in [9.17, 15) is 0 Å². The van der Waals surface area contributed by atoms with Crippen molar-refractivity contribution in [3.63, 3.8) is 0 Å². The topological polar surface area (TPSA) is 80.0 Å². The van der Waals surface area contributed by atoms with Gasteiger partial charge in [-0.3, -0.25) is 4.90 Å². The minimum absolute atomic E-state index is 0. The molecule has 0 spiro atoms. The number of halogens is 3. The van der Waals surface area contributed by atoms with Gasteiger partial charge in [0, 0.05) is 0 Å². The first-order chi connectivity index (χ1) is 8.33. The van der Waals surface area contributed by atoms with E-state index >= 15 is 0 Å². The Bertz CT molecular complexity index is 533. The van der Waals surface area contributed by atoms with E-state index in [-0.39, 0.29) is 24.3 Å². The van der Waals surface area contributed by atoms with Crippen LogP contribution in [0, 0.1) is 0 Å². The Morgan fingerprint density at radius 1 is 1.16 bits per heavy atom. The van der Waals surface area contributed by atoms with Crippen LogP contribution in [-0.4, -0.2) is 17.6 Å². The van der Waals surface area contributed by atoms with Crippen molar-refractivity contribution in [2.24, 2.45) is 21.5 Å². The zero-order chi connectivity index (χ0) is 13.5. The third-order valence-corrected chi connectivity index (χ3v) is 3.16. The summed E-state index contributed by atoms with van der Waals surface area (Å²) in [5.74, 6) is 0.347. The molecule has 2 rings (SSSR count). The van der Waals surface area contributed by atoms with Gasteiger partial charge >= 0.3 is 0 Å². The predicted octanol–water partition coefficient (Wildman–Crippen LogP) is 2.60. The largest absolute Gasteiger partial charge is 0.369 e. The fraction of sp³-hybridized carbons (Fsp3) is 0.273. The van der Waals surface area contributed by atoms with Crippen LogP contribution in [0.2, 0.25) is 10.0 Å². The Morgan fingerprint density at radius 2 is 1.68 bits per heavy atom. The average Bonchev–Trinajstić information content (AvgIpc) is 2.20. The number of benzene rings is 1. The third kappa shape index (κ3) is 2.88. The molecule has 0 amide bonds. The van der Waals surface area contributed by atoms with Crippen LogP contribution in [0.15, 0.2) is 28.2 Å². The van der Waals surface area contributed by atoms with E-state index in [0.717, 1.165) is 0 Å². The second-order valence-corrected chi connectivity index (χ2v) is 5.15. The van der Waals surface area contributed by atoms with Gasteiger partial charge in [0.25, 0.3) is 0 Å². The Hall–Kier alpha value is -1.17. The highest BCUT2D eigenvalue weighted by Crippen LogP contribution is 2.38. The van der Waals surface area contributed by atoms with Gasteiger partial charge in [-0.1, -0.05) is 29.3 Å². The van der Waals surface area contributed by atoms with Crippen molar-refractivity contribution >= 4 is 53.2 Å². The van der Waals surface area contributed by atoms with Crippen LogP contribution in [-0.2, 0) is 0 Å². The number of anilines is 1. The maximum absolute atomic E-state index is 6.18. The van der Waals surface area contributed by atoms with Crippen molar-refractivity contribution in [3.05, 3.63) is 28.2 Å². The molecule has 8 heteroatoms. The number of nitrogens with zero attached hydrogens (tertiary/aromatic N) is 3. The maximum Gasteiger partial charge on any atom is 0.220 e. The molecule has 0 bridgehead atoms. The monoisotopic (exact) mass is 321 g/mol. The van der Waals surface area contributed by atoms with Crippen LogP contribution in [0.3, 0.4) is 0 Å². The molecule has 0 radical (unpaired) electrons. The second-order valence-electron chi connectivity index (χ2n) is 4.34. The van der Waals surface area contributed by atoms with Crippen molar-refractivity contribution in [1.29, 1.82) is 0 Å². The molecule has 1 aliphatic heterocycles. The normalized spacial score (nSPS) is 17.4. The summed E-state index contributed by atoms with van der Waals surface area (Å²) >= 11 is 12.4. The molecule has 4 N–H and O–H groups in total. The average molecular weight is 323 g/mol. The van der Waals surface area contributed by atoms with Crippen LogP contribution in [0.5, 0.6) is 0 Å². The lowest BCUT2D eigenvalue weighted by Gasteiger charge is -2.39. The fourth-order valence-corrected chi connectivity index (χ4v) is 2.46. The smallest absolute Gasteiger partial charge is 0.220 e. The first-order valence-electron chi connectivity index (χ1n) is 5.26. The van der Waals surface area contributed by atoms with Crippen molar-refractivity contribution in [3.8, 4) is 0 Å². The number of rotatable bonds is 1. The van der Waals surface area contributed by atoms with E-state index in [0.29, 0.717) is 15.7 Å². The molecule has 0 saturated carbocycles. The van der Waals surface area contributed by atoms with E-state index in [1.54, 1.807) is 23.1 Å². The second kappa shape index (κ2) is 5.45. The molecule has 0 fully saturated rings. The Morgan fingerprint density at radius 3 is 2.16 bits per heavy atom. The van der Waals surface area contributed by atoms with Crippen molar-refractivity contribution in [2.75, 3.05) is 4.90 Å². The maximum atomic E-state index is 6.18. The molecule has 0 aromatic heterocycles. The van der Waals surface area contributed by atoms with Crippen LogP contribution in [0.25, 0.3) is 0 Å². The number of nitrogens with two attached hydrogens (primary N) is 2. The summed E-state index contributed by atoms with van der Waals surface area (Å²) in [6.45, 7) is 3.70. The summed E-state index contributed by atoms with van der Waals surface area (Å²) in [7, 11) is 0. The van der Waals surface area contributed by atoms with Gasteiger partial charge in [0.05, 0.1) is 15.7 Å². The van der Waals surface area contributed by atoms with Gasteiger partial charge in [0.15, 0.2) is 0 Å².